The van der Waals surface area contributed by atoms with E-state index in [-0.39, 0.29) is 71.9 Å². The Labute approximate surface area is 214 Å². The van der Waals surface area contributed by atoms with Gasteiger partial charge in [-0.15, -0.1) is 0 Å². The van der Waals surface area contributed by atoms with E-state index in [2.05, 4.69) is 9.98 Å². The van der Waals surface area contributed by atoms with E-state index in [1.54, 1.807) is 36.4 Å². The molecule has 2 aromatic rings. The van der Waals surface area contributed by atoms with Crippen LogP contribution < -0.4 is 9.47 Å². The zero-order chi connectivity index (χ0) is 26.3. The number of aliphatic imine (C=N–C) groups is 2. The molecule has 1 aliphatic heterocycles. The Bertz CT molecular complexity index is 1130. The van der Waals surface area contributed by atoms with Crippen LogP contribution in [0.2, 0.25) is 0 Å². The zero-order valence-electron chi connectivity index (χ0n) is 20.0. The lowest BCUT2D eigenvalue weighted by molar-refractivity contribution is 0.00479. The van der Waals surface area contributed by atoms with E-state index in [4.69, 9.17) is 23.7 Å². The summed E-state index contributed by atoms with van der Waals surface area (Å²) in [6.07, 6.45) is 2.47. The van der Waals surface area contributed by atoms with Crippen molar-refractivity contribution >= 4 is 12.4 Å². The van der Waals surface area contributed by atoms with Crippen molar-refractivity contribution in [3.8, 4) is 35.1 Å². The molecule has 0 saturated carbocycles. The number of allylic oxidation sites excluding steroid dienone is 2. The summed E-state index contributed by atoms with van der Waals surface area (Å²) < 4.78 is 27.5. The van der Waals surface area contributed by atoms with Crippen molar-refractivity contribution in [2.45, 2.75) is 0 Å². The van der Waals surface area contributed by atoms with E-state index in [9.17, 15) is 20.7 Å². The van der Waals surface area contributed by atoms with Gasteiger partial charge in [-0.1, -0.05) is 12.1 Å². The van der Waals surface area contributed by atoms with Crippen LogP contribution in [0.3, 0.4) is 0 Å². The van der Waals surface area contributed by atoms with E-state index < -0.39 is 0 Å². The molecule has 0 aliphatic carbocycles. The second-order valence-corrected chi connectivity index (χ2v) is 7.36. The van der Waals surface area contributed by atoms with Crippen LogP contribution in [-0.4, -0.2) is 75.5 Å². The number of para-hydroxylation sites is 2. The predicted octanol–water partition coefficient (Wildman–Crippen LogP) is 2.72. The molecule has 0 radical (unpaired) electrons. The van der Waals surface area contributed by atoms with Gasteiger partial charge in [0.1, 0.15) is 25.4 Å². The number of nitrogens with zero attached hydrogens (tertiary/aromatic N) is 4. The van der Waals surface area contributed by atoms with Crippen molar-refractivity contribution in [2.75, 3.05) is 52.9 Å². The molecular formula is C26H26N4O7. The van der Waals surface area contributed by atoms with E-state index >= 15 is 0 Å². The monoisotopic (exact) mass is 506 g/mol. The maximum Gasteiger partial charge on any atom is 0.176 e. The van der Waals surface area contributed by atoms with Gasteiger partial charge in [-0.05, 0) is 24.3 Å². The molecule has 0 atom stereocenters. The van der Waals surface area contributed by atoms with Gasteiger partial charge in [0.25, 0.3) is 0 Å². The quantitative estimate of drug-likeness (QED) is 0.548. The third-order valence-electron chi connectivity index (χ3n) is 4.88. The summed E-state index contributed by atoms with van der Waals surface area (Å²) in [5.41, 5.74) is -0.0172. The SMILES string of the molecule is N#C/C1=C(\C#N)N=Cc2cccc(c2O)OCCOCCOCCOCCOc2cccc(c2O)C=N1. The molecule has 0 saturated heterocycles. The highest BCUT2D eigenvalue weighted by molar-refractivity contribution is 5.87. The second kappa shape index (κ2) is 14.9. The normalized spacial score (nSPS) is 18.2. The molecule has 11 heteroatoms. The Balaban J connectivity index is 1.86. The topological polar surface area (TPSA) is 159 Å². The maximum absolute atomic E-state index is 10.5. The third kappa shape index (κ3) is 8.33. The number of phenolic OH excluding ortho intramolecular Hbond substituents is 2. The van der Waals surface area contributed by atoms with Crippen LogP contribution >= 0.6 is 0 Å². The molecule has 0 unspecified atom stereocenters. The number of benzene rings is 2. The number of fused-ring (bicyclic) bond motifs is 4. The first-order chi connectivity index (χ1) is 18.1. The Hall–Kier alpha value is -4.42. The Morgan fingerprint density at radius 2 is 0.973 bits per heavy atom. The fraction of sp³-hybridized carbons (Fsp3) is 0.308. The number of hydrogen-bond acceptors (Lipinski definition) is 11. The molecule has 0 amide bonds. The Morgan fingerprint density at radius 3 is 1.35 bits per heavy atom. The summed E-state index contributed by atoms with van der Waals surface area (Å²) in [5.74, 6) is 0.0670. The van der Waals surface area contributed by atoms with Crippen LogP contribution in [0, 0.1) is 22.7 Å². The molecule has 0 spiro atoms. The molecule has 2 N–H and O–H groups in total. The van der Waals surface area contributed by atoms with E-state index in [1.807, 2.05) is 12.1 Å². The molecule has 3 rings (SSSR count). The lowest BCUT2D eigenvalue weighted by Gasteiger charge is -2.11. The van der Waals surface area contributed by atoms with Gasteiger partial charge in [-0.2, -0.15) is 10.5 Å². The summed E-state index contributed by atoms with van der Waals surface area (Å²) >= 11 is 0. The number of hydrogen-bond donors (Lipinski definition) is 2. The molecule has 37 heavy (non-hydrogen) atoms. The average molecular weight is 507 g/mol. The third-order valence-corrected chi connectivity index (χ3v) is 4.88. The molecule has 1 heterocycles. The van der Waals surface area contributed by atoms with Gasteiger partial charge >= 0.3 is 0 Å². The average Bonchev–Trinajstić information content (AvgIpc) is 2.91. The minimum atomic E-state index is -0.283. The summed E-state index contributed by atoms with van der Waals surface area (Å²) in [6.45, 7) is 2.47. The summed E-state index contributed by atoms with van der Waals surface area (Å²) in [4.78, 5) is 8.05. The lowest BCUT2D eigenvalue weighted by Crippen LogP contribution is -2.14. The minimum Gasteiger partial charge on any atom is -0.504 e. The van der Waals surface area contributed by atoms with Crippen molar-refractivity contribution in [3.63, 3.8) is 0 Å². The predicted molar refractivity (Wildman–Crippen MR) is 133 cm³/mol. The number of aromatic hydroxyl groups is 2. The van der Waals surface area contributed by atoms with Crippen molar-refractivity contribution in [1.29, 1.82) is 10.5 Å². The fourth-order valence-electron chi connectivity index (χ4n) is 3.04. The van der Waals surface area contributed by atoms with Gasteiger partial charge in [0.05, 0.1) is 39.6 Å². The van der Waals surface area contributed by atoms with Crippen molar-refractivity contribution in [1.82, 2.24) is 0 Å². The Kier molecular flexibility index (Phi) is 10.9. The standard InChI is InChI=1S/C26H26N4O7/c27-15-21-22(16-28)30-18-20-4-2-6-24(26(20)32)37-14-12-35-10-8-33-7-9-34-11-13-36-23-5-1-3-19(17-29-21)25(23)31/h1-6,17-18,31-32H,7-14H2/b22-21-,29-17?,30-18?. The van der Waals surface area contributed by atoms with E-state index in [1.165, 1.54) is 12.4 Å². The van der Waals surface area contributed by atoms with Crippen LogP contribution in [0.1, 0.15) is 11.1 Å². The number of phenols is 2. The fourth-order valence-corrected chi connectivity index (χ4v) is 3.04. The van der Waals surface area contributed by atoms with Crippen LogP contribution in [0.15, 0.2) is 57.8 Å². The van der Waals surface area contributed by atoms with Crippen LogP contribution in [0.25, 0.3) is 0 Å². The zero-order valence-corrected chi connectivity index (χ0v) is 20.0. The maximum atomic E-state index is 10.5. The van der Waals surface area contributed by atoms with Crippen LogP contribution in [0.4, 0.5) is 0 Å². The van der Waals surface area contributed by atoms with Crippen LogP contribution in [-0.2, 0) is 14.2 Å². The van der Waals surface area contributed by atoms with Crippen LogP contribution in [0.5, 0.6) is 23.0 Å². The van der Waals surface area contributed by atoms with Gasteiger partial charge in [-0.25, -0.2) is 9.98 Å². The smallest absolute Gasteiger partial charge is 0.176 e. The molecule has 1 aliphatic rings. The number of ether oxygens (including phenoxy) is 5. The molecule has 0 aromatic heterocycles. The lowest BCUT2D eigenvalue weighted by atomic mass is 10.2. The molecule has 192 valence electrons. The number of rotatable bonds is 0. The van der Waals surface area contributed by atoms with Crippen molar-refractivity contribution < 1.29 is 33.9 Å². The van der Waals surface area contributed by atoms with E-state index in [0.717, 1.165) is 0 Å². The first-order valence-corrected chi connectivity index (χ1v) is 11.4. The molecule has 4 bridgehead atoms. The second-order valence-electron chi connectivity index (χ2n) is 7.36. The summed E-state index contributed by atoms with van der Waals surface area (Å²) in [5, 5.41) is 40.1. The highest BCUT2D eigenvalue weighted by Crippen LogP contribution is 2.30. The summed E-state index contributed by atoms with van der Waals surface area (Å²) in [6, 6.07) is 13.3. The van der Waals surface area contributed by atoms with Crippen molar-refractivity contribution in [3.05, 3.63) is 58.9 Å². The molecule has 2 aromatic carbocycles. The van der Waals surface area contributed by atoms with Gasteiger partial charge in [0, 0.05) is 23.6 Å². The Morgan fingerprint density at radius 1 is 0.595 bits per heavy atom. The van der Waals surface area contributed by atoms with Gasteiger partial charge in [-0.3, -0.25) is 0 Å². The molecular weight excluding hydrogens is 480 g/mol. The first-order valence-electron chi connectivity index (χ1n) is 11.4. The van der Waals surface area contributed by atoms with Gasteiger partial charge in [0.15, 0.2) is 34.4 Å². The summed E-state index contributed by atoms with van der Waals surface area (Å²) in [7, 11) is 0. The molecule has 11 nitrogen and oxygen atoms in total. The van der Waals surface area contributed by atoms with Gasteiger partial charge < -0.3 is 33.9 Å². The van der Waals surface area contributed by atoms with Crippen molar-refractivity contribution in [2.24, 2.45) is 9.98 Å². The number of nitriles is 2. The highest BCUT2D eigenvalue weighted by Gasteiger charge is 2.10. The minimum absolute atomic E-state index is 0.179. The van der Waals surface area contributed by atoms with Gasteiger partial charge in [0.2, 0.25) is 0 Å². The highest BCUT2D eigenvalue weighted by atomic mass is 16.6. The molecule has 0 fully saturated rings. The first kappa shape index (κ1) is 27.2. The van der Waals surface area contributed by atoms with E-state index in [0.29, 0.717) is 26.4 Å². The largest absolute Gasteiger partial charge is 0.504 e.